The van der Waals surface area contributed by atoms with E-state index in [0.29, 0.717) is 0 Å². The van der Waals surface area contributed by atoms with Crippen LogP contribution < -0.4 is 4.74 Å². The molecule has 2 rings (SSSR count). The molecule has 0 amide bonds. The molecule has 2 aromatic rings. The van der Waals surface area contributed by atoms with Crippen LogP contribution in [0.4, 0.5) is 0 Å². The van der Waals surface area contributed by atoms with Crippen molar-refractivity contribution in [3.8, 4) is 11.6 Å². The third-order valence-corrected chi connectivity index (χ3v) is 3.83. The molecule has 1 N–H and O–H groups in total. The first-order valence-corrected chi connectivity index (χ1v) is 7.92. The molecule has 0 radical (unpaired) electrons. The fraction of sp³-hybridized carbons (Fsp3) is 0.0769. The normalized spacial score (nSPS) is 11.1. The lowest BCUT2D eigenvalue weighted by atomic mass is 10.3. The van der Waals surface area contributed by atoms with Gasteiger partial charge in [0.1, 0.15) is 16.5 Å². The van der Waals surface area contributed by atoms with Crippen molar-refractivity contribution in [2.45, 2.75) is 4.90 Å². The second kappa shape index (κ2) is 5.71. The summed E-state index contributed by atoms with van der Waals surface area (Å²) in [5, 5.41) is 9.12. The monoisotopic (exact) mass is 327 g/mol. The Balaban J connectivity index is 2.43. The molecule has 0 fully saturated rings. The second-order valence-corrected chi connectivity index (χ2v) is 6.54. The largest absolute Gasteiger partial charge is 0.477 e. The SMILES string of the molecule is CS(=O)(=O)c1cccc(Oc2nc(Cl)ccc2C(=O)O)c1. The molecule has 1 heterocycles. The number of ether oxygens (including phenoxy) is 1. The van der Waals surface area contributed by atoms with Crippen LogP contribution in [-0.4, -0.2) is 30.7 Å². The van der Waals surface area contributed by atoms with E-state index < -0.39 is 15.8 Å². The maximum atomic E-state index is 11.5. The van der Waals surface area contributed by atoms with Crippen LogP contribution in [0.25, 0.3) is 0 Å². The van der Waals surface area contributed by atoms with E-state index >= 15 is 0 Å². The van der Waals surface area contributed by atoms with Crippen molar-refractivity contribution in [1.82, 2.24) is 4.98 Å². The summed E-state index contributed by atoms with van der Waals surface area (Å²) in [4.78, 5) is 14.9. The number of carboxylic acids is 1. The molecular formula is C13H10ClNO5S. The molecule has 0 saturated heterocycles. The minimum atomic E-state index is -3.40. The molecule has 0 aliphatic heterocycles. The maximum Gasteiger partial charge on any atom is 0.341 e. The number of rotatable bonds is 4. The maximum absolute atomic E-state index is 11.5. The number of sulfone groups is 1. The molecule has 1 aromatic heterocycles. The molecule has 6 nitrogen and oxygen atoms in total. The first kappa shape index (κ1) is 15.3. The Labute approximate surface area is 125 Å². The van der Waals surface area contributed by atoms with Gasteiger partial charge in [0.25, 0.3) is 0 Å². The Morgan fingerprint density at radius 2 is 2.00 bits per heavy atom. The van der Waals surface area contributed by atoms with Gasteiger partial charge < -0.3 is 9.84 Å². The predicted molar refractivity (Wildman–Crippen MR) is 75.8 cm³/mol. The number of aromatic nitrogens is 1. The van der Waals surface area contributed by atoms with Crippen LogP contribution in [0, 0.1) is 0 Å². The van der Waals surface area contributed by atoms with Crippen LogP contribution in [0.5, 0.6) is 11.6 Å². The molecule has 0 aliphatic rings. The lowest BCUT2D eigenvalue weighted by Gasteiger charge is -2.08. The lowest BCUT2D eigenvalue weighted by molar-refractivity contribution is 0.0693. The third kappa shape index (κ3) is 3.71. The molecule has 0 bridgehead atoms. The van der Waals surface area contributed by atoms with Gasteiger partial charge in [0.2, 0.25) is 5.88 Å². The number of hydrogen-bond donors (Lipinski definition) is 1. The zero-order chi connectivity index (χ0) is 15.6. The first-order chi connectivity index (χ1) is 9.77. The highest BCUT2D eigenvalue weighted by Crippen LogP contribution is 2.26. The predicted octanol–water partition coefficient (Wildman–Crippen LogP) is 2.63. The van der Waals surface area contributed by atoms with Gasteiger partial charge in [0.15, 0.2) is 9.84 Å². The van der Waals surface area contributed by atoms with E-state index in [1.807, 2.05) is 0 Å². The first-order valence-electron chi connectivity index (χ1n) is 5.65. The highest BCUT2D eigenvalue weighted by atomic mass is 35.5. The molecule has 1 aromatic carbocycles. The molecule has 0 spiro atoms. The average Bonchev–Trinajstić information content (AvgIpc) is 2.37. The fourth-order valence-corrected chi connectivity index (χ4v) is 2.33. The van der Waals surface area contributed by atoms with E-state index in [2.05, 4.69) is 4.98 Å². The van der Waals surface area contributed by atoms with Crippen molar-refractivity contribution in [2.24, 2.45) is 0 Å². The Hall–Kier alpha value is -2.12. The van der Waals surface area contributed by atoms with Gasteiger partial charge in [-0.2, -0.15) is 0 Å². The van der Waals surface area contributed by atoms with Crippen LogP contribution in [-0.2, 0) is 9.84 Å². The van der Waals surface area contributed by atoms with E-state index in [0.717, 1.165) is 6.26 Å². The van der Waals surface area contributed by atoms with Gasteiger partial charge in [-0.1, -0.05) is 17.7 Å². The topological polar surface area (TPSA) is 93.6 Å². The average molecular weight is 328 g/mol. The number of nitrogens with zero attached hydrogens (tertiary/aromatic N) is 1. The van der Waals surface area contributed by atoms with Crippen LogP contribution in [0.3, 0.4) is 0 Å². The molecular weight excluding hydrogens is 318 g/mol. The minimum absolute atomic E-state index is 0.0545. The van der Waals surface area contributed by atoms with Gasteiger partial charge in [-0.25, -0.2) is 18.2 Å². The number of halogens is 1. The summed E-state index contributed by atoms with van der Waals surface area (Å²) in [7, 11) is -3.40. The van der Waals surface area contributed by atoms with Gasteiger partial charge in [-0.05, 0) is 30.3 Å². The van der Waals surface area contributed by atoms with E-state index in [9.17, 15) is 13.2 Å². The van der Waals surface area contributed by atoms with Crippen LogP contribution in [0.2, 0.25) is 5.15 Å². The smallest absolute Gasteiger partial charge is 0.341 e. The molecule has 8 heteroatoms. The van der Waals surface area contributed by atoms with E-state index in [1.54, 1.807) is 0 Å². The van der Waals surface area contributed by atoms with Crippen molar-refractivity contribution in [2.75, 3.05) is 6.26 Å². The van der Waals surface area contributed by atoms with Gasteiger partial charge >= 0.3 is 5.97 Å². The van der Waals surface area contributed by atoms with Gasteiger partial charge in [-0.3, -0.25) is 0 Å². The highest BCUT2D eigenvalue weighted by Gasteiger charge is 2.15. The summed E-state index contributed by atoms with van der Waals surface area (Å²) in [5.74, 6) is -1.29. The zero-order valence-electron chi connectivity index (χ0n) is 10.8. The van der Waals surface area contributed by atoms with Crippen LogP contribution in [0.1, 0.15) is 10.4 Å². The van der Waals surface area contributed by atoms with Crippen molar-refractivity contribution >= 4 is 27.4 Å². The third-order valence-electron chi connectivity index (χ3n) is 2.50. The Morgan fingerprint density at radius 3 is 2.62 bits per heavy atom. The molecule has 110 valence electrons. The van der Waals surface area contributed by atoms with Crippen molar-refractivity contribution in [3.63, 3.8) is 0 Å². The number of hydrogen-bond acceptors (Lipinski definition) is 5. The van der Waals surface area contributed by atoms with Gasteiger partial charge in [-0.15, -0.1) is 0 Å². The summed E-state index contributed by atoms with van der Waals surface area (Å²) in [6.45, 7) is 0. The number of carbonyl (C=O) groups is 1. The lowest BCUT2D eigenvalue weighted by Crippen LogP contribution is -2.03. The highest BCUT2D eigenvalue weighted by molar-refractivity contribution is 7.90. The summed E-state index contributed by atoms with van der Waals surface area (Å²) < 4.78 is 28.3. The number of carboxylic acid groups (broad SMARTS) is 1. The van der Waals surface area contributed by atoms with Gasteiger partial charge in [0.05, 0.1) is 4.90 Å². The summed E-state index contributed by atoms with van der Waals surface area (Å²) >= 11 is 5.71. The van der Waals surface area contributed by atoms with E-state index in [-0.39, 0.29) is 27.2 Å². The Bertz CT molecular complexity index is 804. The summed E-state index contributed by atoms with van der Waals surface area (Å²) in [6, 6.07) is 8.24. The second-order valence-electron chi connectivity index (χ2n) is 4.14. The van der Waals surface area contributed by atoms with Crippen molar-refractivity contribution in [3.05, 3.63) is 47.1 Å². The summed E-state index contributed by atoms with van der Waals surface area (Å²) in [5.41, 5.74) is -0.177. The number of benzene rings is 1. The van der Waals surface area contributed by atoms with Crippen LogP contribution in [0.15, 0.2) is 41.3 Å². The Kier molecular flexibility index (Phi) is 4.15. The fourth-order valence-electron chi connectivity index (χ4n) is 1.54. The zero-order valence-corrected chi connectivity index (χ0v) is 12.4. The van der Waals surface area contributed by atoms with Crippen LogP contribution >= 0.6 is 11.6 Å². The Morgan fingerprint density at radius 1 is 1.29 bits per heavy atom. The summed E-state index contributed by atoms with van der Waals surface area (Å²) in [6.07, 6.45) is 1.06. The number of pyridine rings is 1. The van der Waals surface area contributed by atoms with E-state index in [4.69, 9.17) is 21.4 Å². The molecule has 0 saturated carbocycles. The quantitative estimate of drug-likeness (QED) is 0.867. The molecule has 0 aliphatic carbocycles. The molecule has 0 atom stereocenters. The van der Waals surface area contributed by atoms with E-state index in [1.165, 1.54) is 36.4 Å². The number of aromatic carboxylic acids is 1. The minimum Gasteiger partial charge on any atom is -0.477 e. The molecule has 21 heavy (non-hydrogen) atoms. The standard InChI is InChI=1S/C13H10ClNO5S/c1-21(18,19)9-4-2-3-8(7-9)20-12-10(13(16)17)5-6-11(14)15-12/h2-7H,1H3,(H,16,17). The van der Waals surface area contributed by atoms with Gasteiger partial charge in [0, 0.05) is 6.26 Å². The van der Waals surface area contributed by atoms with Crippen molar-refractivity contribution in [1.29, 1.82) is 0 Å². The van der Waals surface area contributed by atoms with Crippen molar-refractivity contribution < 1.29 is 23.1 Å². The molecule has 0 unspecified atom stereocenters.